The number of aromatic nitrogens is 2. The van der Waals surface area contributed by atoms with Gasteiger partial charge in [0.2, 0.25) is 0 Å². The summed E-state index contributed by atoms with van der Waals surface area (Å²) in [5, 5.41) is 6.74. The molecule has 2 N–H and O–H groups in total. The molecule has 1 aliphatic heterocycles. The lowest BCUT2D eigenvalue weighted by Crippen LogP contribution is -2.44. The molecule has 0 aliphatic carbocycles. The molecule has 0 unspecified atom stereocenters. The standard InChI is InChI=1S/C20H30N6O.HI/c1-21-20(23-8-11-25-13-15-27-16-14-25)24-17-19-22-9-12-26(19)10-7-18-5-3-2-4-6-18;/h2-6,9,12H,7-8,10-11,13-17H2,1H3,(H2,21,23,24);1H. The third-order valence-corrected chi connectivity index (χ3v) is 4.75. The molecule has 3 rings (SSSR count). The lowest BCUT2D eigenvalue weighted by molar-refractivity contribution is 0.0389. The molecule has 2 aromatic rings. The number of morpholine rings is 1. The molecule has 2 heterocycles. The predicted molar refractivity (Wildman–Crippen MR) is 123 cm³/mol. The summed E-state index contributed by atoms with van der Waals surface area (Å²) in [5.41, 5.74) is 1.34. The van der Waals surface area contributed by atoms with E-state index in [0.29, 0.717) is 6.54 Å². The third kappa shape index (κ3) is 7.40. The molecular formula is C20H31IN6O. The van der Waals surface area contributed by atoms with Crippen molar-refractivity contribution in [1.82, 2.24) is 25.1 Å². The number of ether oxygens (including phenoxy) is 1. The highest BCUT2D eigenvalue weighted by atomic mass is 127. The molecule has 1 aliphatic rings. The lowest BCUT2D eigenvalue weighted by Gasteiger charge is -2.26. The van der Waals surface area contributed by atoms with Gasteiger partial charge in [-0.1, -0.05) is 30.3 Å². The lowest BCUT2D eigenvalue weighted by atomic mass is 10.1. The fourth-order valence-corrected chi connectivity index (χ4v) is 3.15. The van der Waals surface area contributed by atoms with Gasteiger partial charge >= 0.3 is 0 Å². The van der Waals surface area contributed by atoms with E-state index in [2.05, 4.69) is 54.3 Å². The molecular weight excluding hydrogens is 467 g/mol. The summed E-state index contributed by atoms with van der Waals surface area (Å²) in [7, 11) is 1.80. The predicted octanol–water partition coefficient (Wildman–Crippen LogP) is 1.74. The molecule has 8 heteroatoms. The highest BCUT2D eigenvalue weighted by molar-refractivity contribution is 14.0. The number of benzene rings is 1. The quantitative estimate of drug-likeness (QED) is 0.330. The van der Waals surface area contributed by atoms with Crippen molar-refractivity contribution in [2.75, 3.05) is 46.4 Å². The third-order valence-electron chi connectivity index (χ3n) is 4.75. The maximum absolute atomic E-state index is 5.38. The Balaban J connectivity index is 0.00000280. The van der Waals surface area contributed by atoms with Crippen molar-refractivity contribution in [3.8, 4) is 0 Å². The van der Waals surface area contributed by atoms with Crippen molar-refractivity contribution in [3.05, 3.63) is 54.1 Å². The zero-order valence-corrected chi connectivity index (χ0v) is 18.8. The van der Waals surface area contributed by atoms with Crippen LogP contribution < -0.4 is 10.6 Å². The van der Waals surface area contributed by atoms with Crippen molar-refractivity contribution in [1.29, 1.82) is 0 Å². The molecule has 0 radical (unpaired) electrons. The van der Waals surface area contributed by atoms with E-state index in [1.165, 1.54) is 5.56 Å². The van der Waals surface area contributed by atoms with E-state index < -0.39 is 0 Å². The Bertz CT molecular complexity index is 700. The molecule has 0 spiro atoms. The minimum absolute atomic E-state index is 0. The number of rotatable bonds is 8. The summed E-state index contributed by atoms with van der Waals surface area (Å²) in [6, 6.07) is 10.5. The Labute approximate surface area is 184 Å². The smallest absolute Gasteiger partial charge is 0.191 e. The molecule has 0 bridgehead atoms. The molecule has 1 aromatic carbocycles. The van der Waals surface area contributed by atoms with Crippen LogP contribution in [-0.2, 0) is 24.2 Å². The van der Waals surface area contributed by atoms with Crippen LogP contribution in [0.1, 0.15) is 11.4 Å². The van der Waals surface area contributed by atoms with Crippen molar-refractivity contribution in [2.45, 2.75) is 19.5 Å². The van der Waals surface area contributed by atoms with E-state index >= 15 is 0 Å². The Kier molecular flexibility index (Phi) is 10.3. The fraction of sp³-hybridized carbons (Fsp3) is 0.500. The minimum atomic E-state index is 0. The van der Waals surface area contributed by atoms with Gasteiger partial charge in [0.05, 0.1) is 19.8 Å². The van der Waals surface area contributed by atoms with Crippen molar-refractivity contribution in [3.63, 3.8) is 0 Å². The molecule has 28 heavy (non-hydrogen) atoms. The first-order valence-electron chi connectivity index (χ1n) is 9.63. The van der Waals surface area contributed by atoms with E-state index in [0.717, 1.165) is 64.1 Å². The summed E-state index contributed by atoms with van der Waals surface area (Å²) in [6.07, 6.45) is 4.89. The van der Waals surface area contributed by atoms with Gasteiger partial charge in [0.25, 0.3) is 0 Å². The molecule has 1 saturated heterocycles. The van der Waals surface area contributed by atoms with Crippen LogP contribution in [0.25, 0.3) is 0 Å². The maximum atomic E-state index is 5.38. The second-order valence-electron chi connectivity index (χ2n) is 6.58. The van der Waals surface area contributed by atoms with Gasteiger partial charge < -0.3 is 19.9 Å². The number of hydrogen-bond acceptors (Lipinski definition) is 4. The number of halogens is 1. The van der Waals surface area contributed by atoms with Crippen LogP contribution in [0.2, 0.25) is 0 Å². The molecule has 1 fully saturated rings. The summed E-state index contributed by atoms with van der Waals surface area (Å²) in [4.78, 5) is 11.2. The van der Waals surface area contributed by atoms with Gasteiger partial charge in [0, 0.05) is 52.2 Å². The molecule has 0 atom stereocenters. The van der Waals surface area contributed by atoms with Crippen LogP contribution in [0, 0.1) is 0 Å². The largest absolute Gasteiger partial charge is 0.379 e. The van der Waals surface area contributed by atoms with Crippen LogP contribution in [0.4, 0.5) is 0 Å². The topological polar surface area (TPSA) is 66.7 Å². The summed E-state index contributed by atoms with van der Waals surface area (Å²) in [5.74, 6) is 1.82. The zero-order chi connectivity index (χ0) is 18.7. The van der Waals surface area contributed by atoms with Gasteiger partial charge in [-0.2, -0.15) is 0 Å². The van der Waals surface area contributed by atoms with Crippen molar-refractivity contribution >= 4 is 29.9 Å². The molecule has 154 valence electrons. The van der Waals surface area contributed by atoms with Gasteiger partial charge in [-0.25, -0.2) is 4.98 Å². The molecule has 7 nitrogen and oxygen atoms in total. The number of aryl methyl sites for hydroxylation is 2. The number of nitrogens with zero attached hydrogens (tertiary/aromatic N) is 4. The SMILES string of the molecule is CN=C(NCCN1CCOCC1)NCc1nccn1CCc1ccccc1.I. The van der Waals surface area contributed by atoms with E-state index in [-0.39, 0.29) is 24.0 Å². The summed E-state index contributed by atoms with van der Waals surface area (Å²) < 4.78 is 7.58. The van der Waals surface area contributed by atoms with Gasteiger partial charge in [0.1, 0.15) is 5.82 Å². The fourth-order valence-electron chi connectivity index (χ4n) is 3.15. The molecule has 1 aromatic heterocycles. The number of imidazole rings is 1. The number of aliphatic imine (C=N–C) groups is 1. The van der Waals surface area contributed by atoms with Gasteiger partial charge in [-0.15, -0.1) is 24.0 Å². The van der Waals surface area contributed by atoms with E-state index in [1.807, 2.05) is 18.5 Å². The van der Waals surface area contributed by atoms with E-state index in [1.54, 1.807) is 7.05 Å². The van der Waals surface area contributed by atoms with E-state index in [9.17, 15) is 0 Å². The summed E-state index contributed by atoms with van der Waals surface area (Å²) >= 11 is 0. The Morgan fingerprint density at radius 1 is 1.14 bits per heavy atom. The number of hydrogen-bond donors (Lipinski definition) is 2. The first-order chi connectivity index (χ1) is 13.3. The highest BCUT2D eigenvalue weighted by Gasteiger charge is 2.10. The van der Waals surface area contributed by atoms with Gasteiger partial charge in [0.15, 0.2) is 5.96 Å². The Morgan fingerprint density at radius 2 is 1.93 bits per heavy atom. The van der Waals surface area contributed by atoms with Gasteiger partial charge in [-0.3, -0.25) is 9.89 Å². The average molecular weight is 498 g/mol. The van der Waals surface area contributed by atoms with Gasteiger partial charge in [-0.05, 0) is 12.0 Å². The van der Waals surface area contributed by atoms with Crippen LogP contribution in [0.5, 0.6) is 0 Å². The Hall–Kier alpha value is -1.65. The van der Waals surface area contributed by atoms with Crippen LogP contribution in [-0.4, -0.2) is 66.9 Å². The number of guanidine groups is 1. The first-order valence-corrected chi connectivity index (χ1v) is 9.63. The zero-order valence-electron chi connectivity index (χ0n) is 16.5. The van der Waals surface area contributed by atoms with Crippen molar-refractivity contribution in [2.24, 2.45) is 4.99 Å². The molecule has 0 amide bonds. The summed E-state index contributed by atoms with van der Waals surface area (Å²) in [6.45, 7) is 7.11. The minimum Gasteiger partial charge on any atom is -0.379 e. The van der Waals surface area contributed by atoms with Crippen LogP contribution >= 0.6 is 24.0 Å². The van der Waals surface area contributed by atoms with E-state index in [4.69, 9.17) is 4.74 Å². The highest BCUT2D eigenvalue weighted by Crippen LogP contribution is 2.04. The first kappa shape index (κ1) is 22.6. The van der Waals surface area contributed by atoms with Crippen molar-refractivity contribution < 1.29 is 4.74 Å². The van der Waals surface area contributed by atoms with Crippen LogP contribution in [0.3, 0.4) is 0 Å². The normalized spacial score (nSPS) is 15.1. The second kappa shape index (κ2) is 12.7. The monoisotopic (exact) mass is 498 g/mol. The number of nitrogens with one attached hydrogen (secondary N) is 2. The average Bonchev–Trinajstić information content (AvgIpc) is 3.18. The second-order valence-corrected chi connectivity index (χ2v) is 6.58. The van der Waals surface area contributed by atoms with Crippen LogP contribution in [0.15, 0.2) is 47.7 Å². The Morgan fingerprint density at radius 3 is 2.68 bits per heavy atom. The maximum Gasteiger partial charge on any atom is 0.191 e. The molecule has 0 saturated carbocycles.